The maximum atomic E-state index is 13.5. The van der Waals surface area contributed by atoms with Gasteiger partial charge >= 0.3 is 0 Å². The van der Waals surface area contributed by atoms with Gasteiger partial charge in [-0.05, 0) is 42.5 Å². The topological polar surface area (TPSA) is 94.6 Å². The molecule has 1 aromatic heterocycles. The van der Waals surface area contributed by atoms with Crippen LogP contribution in [0.5, 0.6) is 17.2 Å². The fourth-order valence-corrected chi connectivity index (χ4v) is 3.64. The van der Waals surface area contributed by atoms with Crippen molar-refractivity contribution in [3.63, 3.8) is 0 Å². The van der Waals surface area contributed by atoms with Crippen molar-refractivity contribution in [3.8, 4) is 17.2 Å². The largest absolute Gasteiger partial charge is 0.497 e. The molecule has 0 fully saturated rings. The maximum Gasteiger partial charge on any atom is 0.248 e. The molecule has 0 aliphatic heterocycles. The molecule has 0 saturated heterocycles. The number of anilines is 3. The second kappa shape index (κ2) is 10.9. The van der Waals surface area contributed by atoms with Crippen molar-refractivity contribution in [1.82, 2.24) is 9.97 Å². The van der Waals surface area contributed by atoms with Gasteiger partial charge in [0, 0.05) is 34.8 Å². The number of nitrogens with one attached hydrogen (secondary N) is 2. The predicted molar refractivity (Wildman–Crippen MR) is 138 cm³/mol. The van der Waals surface area contributed by atoms with Crippen LogP contribution in [0.3, 0.4) is 0 Å². The first-order valence-electron chi connectivity index (χ1n) is 10.7. The molecular weight excluding hydrogens is 487 g/mol. The number of carbonyl (C=O) groups is 1. The minimum absolute atomic E-state index is 0.0201. The summed E-state index contributed by atoms with van der Waals surface area (Å²) >= 11 is 5.90. The van der Waals surface area contributed by atoms with Crippen molar-refractivity contribution in [1.29, 1.82) is 0 Å². The molecule has 3 aromatic carbocycles. The summed E-state index contributed by atoms with van der Waals surface area (Å²) in [6, 6.07) is 12.9. The second-order valence-electron chi connectivity index (χ2n) is 7.48. The number of nitrogens with zero attached hydrogens (tertiary/aromatic N) is 2. The third kappa shape index (κ3) is 5.47. The minimum atomic E-state index is -0.523. The lowest BCUT2D eigenvalue weighted by Gasteiger charge is -2.13. The Morgan fingerprint density at radius 2 is 1.78 bits per heavy atom. The number of fused-ring (bicyclic) bond motifs is 1. The van der Waals surface area contributed by atoms with Crippen LogP contribution in [-0.2, 0) is 4.79 Å². The lowest BCUT2D eigenvalue weighted by molar-refractivity contribution is -0.111. The van der Waals surface area contributed by atoms with E-state index >= 15 is 0 Å². The molecule has 4 rings (SSSR count). The van der Waals surface area contributed by atoms with Gasteiger partial charge < -0.3 is 24.8 Å². The molecule has 0 aliphatic rings. The normalized spacial score (nSPS) is 10.9. The maximum absolute atomic E-state index is 13.5. The molecule has 0 saturated carbocycles. The van der Waals surface area contributed by atoms with E-state index in [0.717, 1.165) is 0 Å². The average Bonchev–Trinajstić information content (AvgIpc) is 2.89. The molecule has 0 unspecified atom stereocenters. The van der Waals surface area contributed by atoms with Crippen LogP contribution >= 0.6 is 11.6 Å². The number of halogens is 2. The first-order chi connectivity index (χ1) is 17.4. The Morgan fingerprint density at radius 1 is 0.972 bits per heavy atom. The molecule has 0 atom stereocenters. The van der Waals surface area contributed by atoms with Crippen LogP contribution in [0.4, 0.5) is 21.6 Å². The van der Waals surface area contributed by atoms with Crippen molar-refractivity contribution in [3.05, 3.63) is 77.3 Å². The SMILES string of the molecule is COc1ccc(C=CC(=O)Nc2cc3c(Nc4ccc(F)c(Cl)c4)ncnc3cc2OC)c(OC)c1. The number of methoxy groups -OCH3 is 3. The average molecular weight is 509 g/mol. The minimum Gasteiger partial charge on any atom is -0.497 e. The highest BCUT2D eigenvalue weighted by atomic mass is 35.5. The molecule has 4 aromatic rings. The number of rotatable bonds is 8. The highest BCUT2D eigenvalue weighted by Crippen LogP contribution is 2.34. The van der Waals surface area contributed by atoms with Crippen LogP contribution in [0, 0.1) is 5.82 Å². The van der Waals surface area contributed by atoms with Crippen molar-refractivity contribution >= 4 is 51.7 Å². The molecule has 2 N–H and O–H groups in total. The Kier molecular flexibility index (Phi) is 7.50. The van der Waals surface area contributed by atoms with E-state index in [1.165, 1.54) is 31.6 Å². The summed E-state index contributed by atoms with van der Waals surface area (Å²) in [6.07, 6.45) is 4.41. The second-order valence-corrected chi connectivity index (χ2v) is 7.88. The van der Waals surface area contributed by atoms with E-state index in [4.69, 9.17) is 25.8 Å². The Bertz CT molecular complexity index is 1460. The first-order valence-corrected chi connectivity index (χ1v) is 11.1. The molecule has 184 valence electrons. The lowest BCUT2D eigenvalue weighted by Crippen LogP contribution is -2.09. The molecule has 0 aliphatic carbocycles. The van der Waals surface area contributed by atoms with Crippen LogP contribution < -0.4 is 24.8 Å². The van der Waals surface area contributed by atoms with Gasteiger partial charge in [-0.1, -0.05) is 11.6 Å². The number of hydrogen-bond acceptors (Lipinski definition) is 7. The summed E-state index contributed by atoms with van der Waals surface area (Å²) in [5, 5.41) is 6.52. The smallest absolute Gasteiger partial charge is 0.248 e. The van der Waals surface area contributed by atoms with E-state index in [1.54, 1.807) is 56.7 Å². The quantitative estimate of drug-likeness (QED) is 0.288. The van der Waals surface area contributed by atoms with E-state index in [9.17, 15) is 9.18 Å². The third-order valence-electron chi connectivity index (χ3n) is 5.25. The number of aromatic nitrogens is 2. The fraction of sp³-hybridized carbons (Fsp3) is 0.115. The van der Waals surface area contributed by atoms with Gasteiger partial charge in [-0.25, -0.2) is 14.4 Å². The van der Waals surface area contributed by atoms with Crippen LogP contribution in [0.2, 0.25) is 5.02 Å². The van der Waals surface area contributed by atoms with Crippen molar-refractivity contribution in [2.24, 2.45) is 0 Å². The highest BCUT2D eigenvalue weighted by molar-refractivity contribution is 6.31. The van der Waals surface area contributed by atoms with Crippen molar-refractivity contribution in [2.45, 2.75) is 0 Å². The van der Waals surface area contributed by atoms with E-state index in [2.05, 4.69) is 20.6 Å². The molecule has 8 nitrogen and oxygen atoms in total. The van der Waals surface area contributed by atoms with Gasteiger partial charge in [0.2, 0.25) is 5.91 Å². The number of benzene rings is 3. The van der Waals surface area contributed by atoms with Crippen LogP contribution in [0.25, 0.3) is 17.0 Å². The molecule has 36 heavy (non-hydrogen) atoms. The summed E-state index contributed by atoms with van der Waals surface area (Å²) in [7, 11) is 4.60. The summed E-state index contributed by atoms with van der Waals surface area (Å²) in [6.45, 7) is 0. The molecule has 1 heterocycles. The molecule has 0 radical (unpaired) electrons. The molecule has 1 amide bonds. The Balaban J connectivity index is 1.62. The number of carbonyl (C=O) groups excluding carboxylic acids is 1. The van der Waals surface area contributed by atoms with E-state index in [0.29, 0.717) is 50.9 Å². The number of ether oxygens (including phenoxy) is 3. The van der Waals surface area contributed by atoms with Crippen LogP contribution in [-0.4, -0.2) is 37.2 Å². The lowest BCUT2D eigenvalue weighted by atomic mass is 10.1. The Labute approximate surface area is 211 Å². The summed E-state index contributed by atoms with van der Waals surface area (Å²) in [4.78, 5) is 21.3. The van der Waals surface area contributed by atoms with Crippen LogP contribution in [0.15, 0.2) is 60.9 Å². The van der Waals surface area contributed by atoms with Crippen molar-refractivity contribution in [2.75, 3.05) is 32.0 Å². The Morgan fingerprint density at radius 3 is 2.50 bits per heavy atom. The third-order valence-corrected chi connectivity index (χ3v) is 5.54. The zero-order valence-corrected chi connectivity index (χ0v) is 20.4. The van der Waals surface area contributed by atoms with Gasteiger partial charge in [0.05, 0.1) is 37.6 Å². The number of hydrogen-bond donors (Lipinski definition) is 2. The van der Waals surface area contributed by atoms with Gasteiger partial charge in [-0.2, -0.15) is 0 Å². The van der Waals surface area contributed by atoms with E-state index < -0.39 is 5.82 Å². The highest BCUT2D eigenvalue weighted by Gasteiger charge is 2.13. The molecule has 10 heteroatoms. The molecule has 0 bridgehead atoms. The van der Waals surface area contributed by atoms with Crippen LogP contribution in [0.1, 0.15) is 5.56 Å². The molecular formula is C26H22ClFN4O4. The van der Waals surface area contributed by atoms with Gasteiger partial charge in [0.1, 0.15) is 35.2 Å². The van der Waals surface area contributed by atoms with Crippen molar-refractivity contribution < 1.29 is 23.4 Å². The van der Waals surface area contributed by atoms with Gasteiger partial charge in [0.15, 0.2) is 0 Å². The predicted octanol–water partition coefficient (Wildman–Crippen LogP) is 5.84. The first kappa shape index (κ1) is 24.7. The van der Waals surface area contributed by atoms with Gasteiger partial charge in [-0.3, -0.25) is 4.79 Å². The standard InChI is InChI=1S/C26H22ClFN4O4/c1-34-17-7-4-15(23(11-17)35-2)5-9-25(33)32-22-12-18-21(13-24(22)36-3)29-14-30-26(18)31-16-6-8-20(28)19(27)10-16/h4-14H,1-3H3,(H,32,33)(H,29,30,31). The van der Waals surface area contributed by atoms with Gasteiger partial charge in [-0.15, -0.1) is 0 Å². The zero-order valence-electron chi connectivity index (χ0n) is 19.6. The summed E-state index contributed by atoms with van der Waals surface area (Å²) in [5.41, 5.74) is 2.24. The Hall–Kier alpha value is -4.37. The fourth-order valence-electron chi connectivity index (χ4n) is 3.46. The van der Waals surface area contributed by atoms with E-state index in [-0.39, 0.29) is 10.9 Å². The number of amides is 1. The summed E-state index contributed by atoms with van der Waals surface area (Å²) in [5.74, 6) is 1.16. The summed E-state index contributed by atoms with van der Waals surface area (Å²) < 4.78 is 29.6. The molecule has 0 spiro atoms. The zero-order chi connectivity index (χ0) is 25.7. The monoisotopic (exact) mass is 508 g/mol. The van der Waals surface area contributed by atoms with Gasteiger partial charge in [0.25, 0.3) is 0 Å². The van der Waals surface area contributed by atoms with E-state index in [1.807, 2.05) is 0 Å².